The maximum atomic E-state index is 13.0. The summed E-state index contributed by atoms with van der Waals surface area (Å²) >= 11 is 0. The SMILES string of the molecule is Cc1cc2c(o1)CC(C)(C)C[C@@H]2NC(=O)c1ccc2c(=O)n(C)c(=O)n(C)c2n1. The standard InChI is InChI=1S/C21H24N4O4/c1-11-8-13-15(9-21(2,3)10-16(13)29-11)23-18(26)14-7-6-12-17(22-14)24(4)20(28)25(5)19(12)27/h6-8,15H,9-10H2,1-5H3,(H,23,26)/t15-/m0/s1. The number of nitrogens with one attached hydrogen (secondary N) is 1. The molecule has 0 saturated carbocycles. The van der Waals surface area contributed by atoms with Gasteiger partial charge in [-0.05, 0) is 37.0 Å². The average molecular weight is 396 g/mol. The van der Waals surface area contributed by atoms with E-state index in [0.717, 1.165) is 34.5 Å². The maximum absolute atomic E-state index is 13.0. The number of carbonyl (C=O) groups is 1. The van der Waals surface area contributed by atoms with Gasteiger partial charge in [-0.15, -0.1) is 0 Å². The molecular formula is C21H24N4O4. The second-order valence-corrected chi connectivity index (χ2v) is 8.58. The van der Waals surface area contributed by atoms with Crippen LogP contribution in [0.5, 0.6) is 0 Å². The fraction of sp³-hybridized carbons (Fsp3) is 0.429. The van der Waals surface area contributed by atoms with Crippen LogP contribution in [0.4, 0.5) is 0 Å². The molecule has 3 aromatic rings. The number of hydrogen-bond acceptors (Lipinski definition) is 5. The van der Waals surface area contributed by atoms with Crippen LogP contribution in [0, 0.1) is 12.3 Å². The van der Waals surface area contributed by atoms with Crippen LogP contribution in [-0.2, 0) is 20.5 Å². The predicted octanol–water partition coefficient (Wildman–Crippen LogP) is 1.98. The molecule has 4 rings (SSSR count). The minimum absolute atomic E-state index is 0.0117. The first-order valence-corrected chi connectivity index (χ1v) is 9.54. The van der Waals surface area contributed by atoms with Crippen molar-refractivity contribution in [3.63, 3.8) is 0 Å². The predicted molar refractivity (Wildman–Crippen MR) is 108 cm³/mol. The molecule has 1 aliphatic rings. The highest BCUT2D eigenvalue weighted by molar-refractivity contribution is 5.94. The molecule has 1 N–H and O–H groups in total. The van der Waals surface area contributed by atoms with Crippen molar-refractivity contribution in [3.8, 4) is 0 Å². The number of hydrogen-bond donors (Lipinski definition) is 1. The Kier molecular flexibility index (Phi) is 4.25. The van der Waals surface area contributed by atoms with Gasteiger partial charge in [-0.2, -0.15) is 0 Å². The van der Waals surface area contributed by atoms with Gasteiger partial charge in [0.25, 0.3) is 11.5 Å². The van der Waals surface area contributed by atoms with Crippen molar-refractivity contribution in [2.75, 3.05) is 0 Å². The summed E-state index contributed by atoms with van der Waals surface area (Å²) in [5, 5.41) is 3.34. The zero-order valence-electron chi connectivity index (χ0n) is 17.2. The smallest absolute Gasteiger partial charge is 0.332 e. The van der Waals surface area contributed by atoms with Gasteiger partial charge in [-0.3, -0.25) is 18.7 Å². The molecule has 0 saturated heterocycles. The number of aryl methyl sites for hydroxylation is 2. The molecule has 3 aromatic heterocycles. The lowest BCUT2D eigenvalue weighted by Gasteiger charge is -2.34. The number of carbonyl (C=O) groups excluding carboxylic acids is 1. The first-order valence-electron chi connectivity index (χ1n) is 9.54. The number of amides is 1. The second-order valence-electron chi connectivity index (χ2n) is 8.58. The summed E-state index contributed by atoms with van der Waals surface area (Å²) in [4.78, 5) is 41.8. The molecule has 0 unspecified atom stereocenters. The van der Waals surface area contributed by atoms with Crippen LogP contribution in [0.15, 0.2) is 32.2 Å². The van der Waals surface area contributed by atoms with Crippen LogP contribution in [0.3, 0.4) is 0 Å². The summed E-state index contributed by atoms with van der Waals surface area (Å²) in [6.45, 7) is 6.19. The van der Waals surface area contributed by atoms with Crippen LogP contribution < -0.4 is 16.6 Å². The van der Waals surface area contributed by atoms with Gasteiger partial charge >= 0.3 is 5.69 Å². The van der Waals surface area contributed by atoms with Crippen molar-refractivity contribution in [3.05, 3.63) is 61.8 Å². The highest BCUT2D eigenvalue weighted by Crippen LogP contribution is 2.42. The van der Waals surface area contributed by atoms with Crippen molar-refractivity contribution in [1.82, 2.24) is 19.4 Å². The Balaban J connectivity index is 1.71. The van der Waals surface area contributed by atoms with Crippen LogP contribution >= 0.6 is 0 Å². The largest absolute Gasteiger partial charge is 0.466 e. The summed E-state index contributed by atoms with van der Waals surface area (Å²) in [6, 6.07) is 4.83. The second kappa shape index (κ2) is 6.43. The van der Waals surface area contributed by atoms with Gasteiger partial charge < -0.3 is 9.73 Å². The highest BCUT2D eigenvalue weighted by atomic mass is 16.3. The molecule has 0 spiro atoms. The number of nitrogens with zero attached hydrogens (tertiary/aromatic N) is 3. The van der Waals surface area contributed by atoms with E-state index in [1.807, 2.05) is 13.0 Å². The van der Waals surface area contributed by atoms with E-state index < -0.39 is 11.2 Å². The third-order valence-corrected chi connectivity index (χ3v) is 5.58. The number of fused-ring (bicyclic) bond motifs is 2. The average Bonchev–Trinajstić information content (AvgIpc) is 3.03. The van der Waals surface area contributed by atoms with E-state index in [-0.39, 0.29) is 34.1 Å². The van der Waals surface area contributed by atoms with Gasteiger partial charge in [0, 0.05) is 26.1 Å². The number of rotatable bonds is 2. The molecule has 8 nitrogen and oxygen atoms in total. The van der Waals surface area contributed by atoms with Gasteiger partial charge in [0.15, 0.2) is 0 Å². The molecule has 3 heterocycles. The summed E-state index contributed by atoms with van der Waals surface area (Å²) in [7, 11) is 2.95. The lowest BCUT2D eigenvalue weighted by atomic mass is 9.74. The third kappa shape index (κ3) is 3.18. The van der Waals surface area contributed by atoms with Crippen LogP contribution in [-0.4, -0.2) is 20.0 Å². The van der Waals surface area contributed by atoms with Crippen molar-refractivity contribution in [2.24, 2.45) is 19.5 Å². The molecule has 1 aliphatic carbocycles. The molecular weight excluding hydrogens is 372 g/mol. The first-order chi connectivity index (χ1) is 13.6. The molecule has 0 bridgehead atoms. The Bertz CT molecular complexity index is 1260. The zero-order chi connectivity index (χ0) is 21.1. The Hall–Kier alpha value is -3.16. The molecule has 29 heavy (non-hydrogen) atoms. The summed E-state index contributed by atoms with van der Waals surface area (Å²) < 4.78 is 8.13. The van der Waals surface area contributed by atoms with Gasteiger partial charge in [0.1, 0.15) is 22.9 Å². The number of furan rings is 1. The van der Waals surface area contributed by atoms with Crippen molar-refractivity contribution in [1.29, 1.82) is 0 Å². The van der Waals surface area contributed by atoms with E-state index in [4.69, 9.17) is 4.42 Å². The quantitative estimate of drug-likeness (QED) is 0.714. The Morgan fingerprint density at radius 1 is 1.24 bits per heavy atom. The third-order valence-electron chi connectivity index (χ3n) is 5.58. The monoisotopic (exact) mass is 396 g/mol. The lowest BCUT2D eigenvalue weighted by Crippen LogP contribution is -2.38. The van der Waals surface area contributed by atoms with Crippen LogP contribution in [0.2, 0.25) is 0 Å². The van der Waals surface area contributed by atoms with Crippen molar-refractivity contribution >= 4 is 16.9 Å². The molecule has 0 radical (unpaired) electrons. The first kappa shape index (κ1) is 19.2. The Morgan fingerprint density at radius 3 is 2.69 bits per heavy atom. The maximum Gasteiger partial charge on any atom is 0.332 e. The molecule has 0 aliphatic heterocycles. The Labute approximate surface area is 167 Å². The minimum atomic E-state index is -0.486. The van der Waals surface area contributed by atoms with E-state index in [1.165, 1.54) is 30.8 Å². The van der Waals surface area contributed by atoms with Gasteiger partial charge in [0.05, 0.1) is 11.4 Å². The number of pyridine rings is 1. The molecule has 152 valence electrons. The van der Waals surface area contributed by atoms with E-state index >= 15 is 0 Å². The van der Waals surface area contributed by atoms with Crippen molar-refractivity contribution in [2.45, 2.75) is 39.7 Å². The van der Waals surface area contributed by atoms with Gasteiger partial charge in [-0.1, -0.05) is 13.8 Å². The normalized spacial score (nSPS) is 17.9. The fourth-order valence-electron chi connectivity index (χ4n) is 4.13. The summed E-state index contributed by atoms with van der Waals surface area (Å²) in [6.07, 6.45) is 1.60. The topological polar surface area (TPSA) is 99.1 Å². The summed E-state index contributed by atoms with van der Waals surface area (Å²) in [5.74, 6) is 1.37. The van der Waals surface area contributed by atoms with E-state index in [2.05, 4.69) is 24.1 Å². The van der Waals surface area contributed by atoms with Gasteiger partial charge in [0.2, 0.25) is 0 Å². The van der Waals surface area contributed by atoms with Crippen molar-refractivity contribution < 1.29 is 9.21 Å². The zero-order valence-corrected chi connectivity index (χ0v) is 17.2. The number of aromatic nitrogens is 3. The molecule has 0 aromatic carbocycles. The molecule has 8 heteroatoms. The minimum Gasteiger partial charge on any atom is -0.466 e. The molecule has 1 atom stereocenters. The van der Waals surface area contributed by atoms with E-state index in [9.17, 15) is 14.4 Å². The highest BCUT2D eigenvalue weighted by Gasteiger charge is 2.35. The molecule has 0 fully saturated rings. The van der Waals surface area contributed by atoms with Gasteiger partial charge in [-0.25, -0.2) is 9.78 Å². The lowest BCUT2D eigenvalue weighted by molar-refractivity contribution is 0.0912. The van der Waals surface area contributed by atoms with E-state index in [1.54, 1.807) is 0 Å². The molecule has 1 amide bonds. The Morgan fingerprint density at radius 2 is 1.97 bits per heavy atom. The van der Waals surface area contributed by atoms with E-state index in [0.29, 0.717) is 0 Å². The summed E-state index contributed by atoms with van der Waals surface area (Å²) in [5.41, 5.74) is 0.412. The fourth-order valence-corrected chi connectivity index (χ4v) is 4.13. The van der Waals surface area contributed by atoms with Crippen LogP contribution in [0.1, 0.15) is 53.9 Å². The van der Waals surface area contributed by atoms with Crippen LogP contribution in [0.25, 0.3) is 11.0 Å².